The van der Waals surface area contributed by atoms with Crippen molar-refractivity contribution in [2.45, 2.75) is 10.8 Å². The monoisotopic (exact) mass is 1800 g/mol. The molecule has 2 heterocycles. The molecule has 0 atom stereocenters. The van der Waals surface area contributed by atoms with Gasteiger partial charge >= 0.3 is 0 Å². The minimum absolute atomic E-state index is 0.482. The molecule has 0 aliphatic heterocycles. The summed E-state index contributed by atoms with van der Waals surface area (Å²) in [6, 6.07) is 197. The molecule has 142 heavy (non-hydrogen) atoms. The van der Waals surface area contributed by atoms with Crippen LogP contribution in [0.25, 0.3) is 198 Å². The van der Waals surface area contributed by atoms with Crippen molar-refractivity contribution in [3.63, 3.8) is 0 Å². The lowest BCUT2D eigenvalue weighted by atomic mass is 9.70. The molecule has 2 spiro atoms. The molecule has 26 aromatic rings. The summed E-state index contributed by atoms with van der Waals surface area (Å²) in [6.07, 6.45) is 0. The van der Waals surface area contributed by atoms with Crippen molar-refractivity contribution in [2.24, 2.45) is 0 Å². The Balaban J connectivity index is 0.517. The van der Waals surface area contributed by atoms with E-state index in [0.29, 0.717) is 0 Å². The zero-order valence-electron chi connectivity index (χ0n) is 77.4. The first kappa shape index (κ1) is 79.7. The van der Waals surface area contributed by atoms with E-state index in [-0.39, 0.29) is 0 Å². The Morgan fingerprint density at radius 1 is 0.141 bits per heavy atom. The van der Waals surface area contributed by atoms with Crippen molar-refractivity contribution >= 4 is 121 Å². The standard InChI is InChI=1S/C138H86N4/c1-2-30-97-80-104(69-60-87(97)26-1)139(105-70-73-115-114-45-13-19-51-126(114)137(128(115)85-105)122-47-15-9-41-110(122)111-42-10-16-48-123(111)137)102-65-56-88(57-66-102)93-34-21-37-96(78-93)100-64-77-135-121(83-100)118-72-61-101(84-136(118)142(135)132-55-25-33-92-29-5-8-40-109(92)132)98-62-75-127-119(81-98)116-74-71-106(86-129(116)138(127)124-49-17-11-43-112(124)113-44-12-18-50-125(113)138)140(130-53-23-31-90-27-3-6-38-107(90)130)103-67-58-89(59-68-103)94-35-22-36-95(79-94)99-63-76-134-120(82-99)117-46-14-20-52-133(117)141(134)131-54-24-32-91-28-4-7-39-108(91)131/h1-86H. The number of aromatic nitrogens is 2. The van der Waals surface area contributed by atoms with Crippen LogP contribution in [-0.4, -0.2) is 9.13 Å². The minimum Gasteiger partial charge on any atom is -0.310 e. The summed E-state index contributed by atoms with van der Waals surface area (Å²) in [5, 5.41) is 14.5. The summed E-state index contributed by atoms with van der Waals surface area (Å²) in [5.74, 6) is 0. The first-order chi connectivity index (χ1) is 70.4. The molecule has 0 unspecified atom stereocenters. The van der Waals surface area contributed by atoms with E-state index in [4.69, 9.17) is 0 Å². The van der Waals surface area contributed by atoms with Gasteiger partial charge in [0.05, 0.1) is 50.0 Å². The third-order valence-corrected chi connectivity index (χ3v) is 31.7. The Labute approximate surface area is 822 Å². The zero-order valence-corrected chi connectivity index (χ0v) is 77.4. The van der Waals surface area contributed by atoms with Crippen LogP contribution in [0.5, 0.6) is 0 Å². The Morgan fingerprint density at radius 3 is 1.00 bits per heavy atom. The second-order valence-electron chi connectivity index (χ2n) is 38.8. The average Bonchev–Trinajstić information content (AvgIpc) is 1.51. The summed E-state index contributed by atoms with van der Waals surface area (Å²) in [7, 11) is 0. The van der Waals surface area contributed by atoms with Crippen molar-refractivity contribution in [1.82, 2.24) is 9.13 Å². The molecule has 4 aliphatic rings. The van der Waals surface area contributed by atoms with Crippen molar-refractivity contribution in [3.05, 3.63) is 566 Å². The molecule has 0 radical (unpaired) electrons. The summed E-state index contributed by atoms with van der Waals surface area (Å²) in [4.78, 5) is 4.97. The lowest BCUT2D eigenvalue weighted by molar-refractivity contribution is 0.793. The maximum absolute atomic E-state index is 2.54. The number of rotatable bonds is 13. The van der Waals surface area contributed by atoms with Gasteiger partial charge in [0, 0.05) is 66.1 Å². The molecule has 24 aromatic carbocycles. The summed E-state index contributed by atoms with van der Waals surface area (Å²) in [6.45, 7) is 0. The topological polar surface area (TPSA) is 16.3 Å². The van der Waals surface area contributed by atoms with Crippen LogP contribution in [0.2, 0.25) is 0 Å². The molecule has 4 heteroatoms. The highest BCUT2D eigenvalue weighted by molar-refractivity contribution is 6.15. The first-order valence-electron chi connectivity index (χ1n) is 49.4. The fraction of sp³-hybridized carbons (Fsp3) is 0.0145. The molecule has 0 N–H and O–H groups in total. The van der Waals surface area contributed by atoms with Gasteiger partial charge in [0.15, 0.2) is 0 Å². The van der Waals surface area contributed by atoms with Gasteiger partial charge in [-0.05, 0) is 305 Å². The highest BCUT2D eigenvalue weighted by Crippen LogP contribution is 2.66. The predicted octanol–water partition coefficient (Wildman–Crippen LogP) is 36.5. The van der Waals surface area contributed by atoms with E-state index in [1.165, 1.54) is 181 Å². The maximum Gasteiger partial charge on any atom is 0.0726 e. The molecule has 4 nitrogen and oxygen atoms in total. The lowest BCUT2D eigenvalue weighted by Gasteiger charge is -2.32. The van der Waals surface area contributed by atoms with Crippen molar-refractivity contribution in [2.75, 3.05) is 9.80 Å². The first-order valence-corrected chi connectivity index (χ1v) is 49.4. The number of para-hydroxylation sites is 1. The normalized spacial score (nSPS) is 13.0. The number of hydrogen-bond acceptors (Lipinski definition) is 2. The Morgan fingerprint density at radius 2 is 0.465 bits per heavy atom. The van der Waals surface area contributed by atoms with E-state index < -0.39 is 10.8 Å². The molecular formula is C138H86N4. The second kappa shape index (κ2) is 31.0. The van der Waals surface area contributed by atoms with E-state index in [1.807, 2.05) is 0 Å². The van der Waals surface area contributed by atoms with E-state index in [9.17, 15) is 0 Å². The van der Waals surface area contributed by atoms with E-state index >= 15 is 0 Å². The van der Waals surface area contributed by atoms with Gasteiger partial charge in [0.25, 0.3) is 0 Å². The summed E-state index contributed by atoms with van der Waals surface area (Å²) in [5.41, 5.74) is 44.6. The van der Waals surface area contributed by atoms with Gasteiger partial charge in [-0.1, -0.05) is 388 Å². The number of benzene rings is 24. The Hall–Kier alpha value is -18.5. The van der Waals surface area contributed by atoms with Crippen molar-refractivity contribution in [3.8, 4) is 112 Å². The van der Waals surface area contributed by atoms with Crippen LogP contribution in [0, 0.1) is 0 Å². The van der Waals surface area contributed by atoms with Crippen LogP contribution in [0.15, 0.2) is 522 Å². The fourth-order valence-electron chi connectivity index (χ4n) is 25.5. The highest BCUT2D eigenvalue weighted by Gasteiger charge is 2.54. The van der Waals surface area contributed by atoms with E-state index in [2.05, 4.69) is 541 Å². The highest BCUT2D eigenvalue weighted by atomic mass is 15.2. The molecule has 658 valence electrons. The Bertz CT molecular complexity index is 9720. The minimum atomic E-state index is -0.640. The van der Waals surface area contributed by atoms with Crippen LogP contribution in [0.4, 0.5) is 34.1 Å². The number of nitrogens with zero attached hydrogens (tertiary/aromatic N) is 4. The van der Waals surface area contributed by atoms with Gasteiger partial charge < -0.3 is 18.9 Å². The second-order valence-corrected chi connectivity index (χ2v) is 38.8. The molecule has 30 rings (SSSR count). The van der Waals surface area contributed by atoms with E-state index in [1.54, 1.807) is 0 Å². The van der Waals surface area contributed by atoms with Crippen LogP contribution >= 0.6 is 0 Å². The Kier molecular flexibility index (Phi) is 17.4. The lowest BCUT2D eigenvalue weighted by Crippen LogP contribution is -2.26. The van der Waals surface area contributed by atoms with Crippen LogP contribution < -0.4 is 9.80 Å². The molecule has 0 bridgehead atoms. The third-order valence-electron chi connectivity index (χ3n) is 31.7. The summed E-state index contributed by atoms with van der Waals surface area (Å²) < 4.78 is 4.97. The van der Waals surface area contributed by atoms with Crippen LogP contribution in [0.1, 0.15) is 44.5 Å². The number of anilines is 6. The van der Waals surface area contributed by atoms with Gasteiger partial charge in [-0.25, -0.2) is 0 Å². The maximum atomic E-state index is 2.54. The van der Waals surface area contributed by atoms with Gasteiger partial charge in [0.2, 0.25) is 0 Å². The van der Waals surface area contributed by atoms with Gasteiger partial charge in [0.1, 0.15) is 0 Å². The van der Waals surface area contributed by atoms with Crippen molar-refractivity contribution in [1.29, 1.82) is 0 Å². The van der Waals surface area contributed by atoms with E-state index in [0.717, 1.165) is 95.4 Å². The average molecular weight is 1800 g/mol. The number of fused-ring (bicyclic) bond motifs is 30. The molecule has 0 fully saturated rings. The van der Waals surface area contributed by atoms with Crippen molar-refractivity contribution < 1.29 is 0 Å². The van der Waals surface area contributed by atoms with Crippen LogP contribution in [0.3, 0.4) is 0 Å². The largest absolute Gasteiger partial charge is 0.310 e. The van der Waals surface area contributed by atoms with Gasteiger partial charge in [-0.15, -0.1) is 0 Å². The summed E-state index contributed by atoms with van der Waals surface area (Å²) >= 11 is 0. The molecule has 0 saturated heterocycles. The zero-order chi connectivity index (χ0) is 93.0. The molecule has 0 saturated carbocycles. The van der Waals surface area contributed by atoms with Gasteiger partial charge in [-0.3, -0.25) is 0 Å². The fourth-order valence-corrected chi connectivity index (χ4v) is 25.5. The quantitative estimate of drug-likeness (QED) is 0.114. The van der Waals surface area contributed by atoms with Crippen LogP contribution in [-0.2, 0) is 10.8 Å². The molecule has 4 aliphatic carbocycles. The third kappa shape index (κ3) is 11.7. The predicted molar refractivity (Wildman–Crippen MR) is 594 cm³/mol. The molecular weight excluding hydrogens is 1710 g/mol. The number of hydrogen-bond donors (Lipinski definition) is 0. The van der Waals surface area contributed by atoms with Gasteiger partial charge in [-0.2, -0.15) is 0 Å². The SMILES string of the molecule is c1cc(-c2ccc(N(c3ccc4c(c3)C3(c5ccccc5-c5ccccc53)c3ccc(-c5ccc6c7cc(-c8cccc(-c9ccc(N(c%10ccc%11c(c%10)C%10(c%12ccccc%12-c%12ccccc%12%10)c%10ccccc%10-%11)c%10ccc%11ccccc%11c%10)cc9)c8)ccc7n(-c7cccc8ccccc78)c6c5)cc3-4)c3cccc4ccccc34)cc2)cc(-c2ccc3c(c2)c2ccccc2n3-c2cccc3ccccc23)c1. The smallest absolute Gasteiger partial charge is 0.0726 e. The molecule has 2 aromatic heterocycles. The molecule has 0 amide bonds.